The van der Waals surface area contributed by atoms with Crippen LogP contribution >= 0.6 is 16.4 Å². The van der Waals surface area contributed by atoms with Crippen LogP contribution < -0.4 is 17.0 Å². The van der Waals surface area contributed by atoms with E-state index in [1.54, 1.807) is 0 Å². The number of aromatic nitrogens is 8. The predicted octanol–water partition coefficient (Wildman–Crippen LogP) is 0.387. The fraction of sp³-hybridized carbons (Fsp3) is 0.524. The van der Waals surface area contributed by atoms with E-state index >= 15 is 8.78 Å². The number of aliphatic hydroxyl groups is 1. The van der Waals surface area contributed by atoms with Crippen molar-refractivity contribution in [3.05, 3.63) is 29.3 Å². The Morgan fingerprint density at radius 2 is 1.93 bits per heavy atom. The van der Waals surface area contributed by atoms with Crippen LogP contribution in [0.15, 0.2) is 23.8 Å². The number of ether oxygens (including phenoxy) is 1. The summed E-state index contributed by atoms with van der Waals surface area (Å²) in [4.78, 5) is 45.0. The van der Waals surface area contributed by atoms with Gasteiger partial charge < -0.3 is 26.2 Å². The van der Waals surface area contributed by atoms with Crippen molar-refractivity contribution in [1.82, 2.24) is 39.0 Å². The molecule has 0 saturated carbocycles. The summed E-state index contributed by atoms with van der Waals surface area (Å²) in [6, 6.07) is 0. The number of hydrogen-bond acceptors (Lipinski definition) is 13. The summed E-state index contributed by atoms with van der Waals surface area (Å²) >= 11 is 0. The van der Waals surface area contributed by atoms with E-state index in [4.69, 9.17) is 25.3 Å². The first-order valence-electron chi connectivity index (χ1n) is 12.6. The van der Waals surface area contributed by atoms with Gasteiger partial charge in [0.2, 0.25) is 5.95 Å². The highest BCUT2D eigenvalue weighted by atomic mass is 31.2. The summed E-state index contributed by atoms with van der Waals surface area (Å²) in [5.74, 6) is -1.03. The number of hydrogen-bond donors (Lipinski definition) is 5. The Morgan fingerprint density at radius 3 is 2.71 bits per heavy atom. The molecule has 0 amide bonds. The second kappa shape index (κ2) is 10.8. The van der Waals surface area contributed by atoms with E-state index in [2.05, 4.69) is 29.9 Å². The smallest absolute Gasteiger partial charge is 0.382 e. The highest BCUT2D eigenvalue weighted by molar-refractivity contribution is 7.47. The van der Waals surface area contributed by atoms with Crippen LogP contribution in [0.2, 0.25) is 0 Å². The Kier molecular flexibility index (Phi) is 7.45. The molecule has 4 aromatic heterocycles. The zero-order chi connectivity index (χ0) is 29.9. The molecule has 4 aromatic rings. The fourth-order valence-electron chi connectivity index (χ4n) is 5.10. The molecule has 0 radical (unpaired) electrons. The van der Waals surface area contributed by atoms with Crippen LogP contribution in [0.4, 0.5) is 20.5 Å². The maximum Gasteiger partial charge on any atom is 0.472 e. The number of nitrogens with one attached hydrogen (secondary N) is 1. The minimum Gasteiger partial charge on any atom is -0.382 e. The van der Waals surface area contributed by atoms with E-state index in [1.165, 1.54) is 24.1 Å². The molecule has 2 bridgehead atoms. The van der Waals surface area contributed by atoms with Crippen LogP contribution in [0.25, 0.3) is 22.3 Å². The number of imidazole rings is 2. The lowest BCUT2D eigenvalue weighted by atomic mass is 10.0. The number of aromatic amines is 1. The zero-order valence-electron chi connectivity index (χ0n) is 21.7. The third-order valence-corrected chi connectivity index (χ3v) is 9.91. The highest BCUT2D eigenvalue weighted by Crippen LogP contribution is 2.51. The number of nitrogens with two attached hydrogens (primary N) is 2. The molecule has 226 valence electrons. The first-order valence-corrected chi connectivity index (χ1v) is 15.4. The molecule has 21 heteroatoms. The van der Waals surface area contributed by atoms with Crippen LogP contribution in [0.3, 0.4) is 0 Å². The fourth-order valence-corrected chi connectivity index (χ4v) is 7.52. The van der Waals surface area contributed by atoms with Gasteiger partial charge in [0, 0.05) is 11.6 Å². The molecule has 10 atom stereocenters. The average molecular weight is 630 g/mol. The topological polar surface area (TPSA) is 244 Å². The van der Waals surface area contributed by atoms with Crippen molar-refractivity contribution in [2.24, 2.45) is 5.92 Å². The molecule has 3 unspecified atom stereocenters. The summed E-state index contributed by atoms with van der Waals surface area (Å²) in [6.07, 6.45) is -6.28. The van der Waals surface area contributed by atoms with Gasteiger partial charge in [0.15, 0.2) is 28.9 Å². The van der Waals surface area contributed by atoms with Crippen LogP contribution in [-0.2, 0) is 18.3 Å². The minimum absolute atomic E-state index is 0.114. The summed E-state index contributed by atoms with van der Waals surface area (Å²) in [5, 5.41) is 11.2. The molecular formula is C21H26F2N10O7P2. The largest absolute Gasteiger partial charge is 0.472 e. The minimum atomic E-state index is -5.12. The van der Waals surface area contributed by atoms with Crippen LogP contribution in [0.1, 0.15) is 19.4 Å². The third-order valence-electron chi connectivity index (χ3n) is 7.26. The number of anilines is 2. The molecule has 0 aliphatic carbocycles. The Bertz CT molecular complexity index is 1740. The lowest BCUT2D eigenvalue weighted by Crippen LogP contribution is -2.40. The number of H-pyrrole nitrogens is 1. The van der Waals surface area contributed by atoms with Crippen molar-refractivity contribution >= 4 is 50.5 Å². The van der Waals surface area contributed by atoms with Gasteiger partial charge in [0.1, 0.15) is 42.6 Å². The monoisotopic (exact) mass is 630 g/mol. The number of phosphoric ester groups is 1. The van der Waals surface area contributed by atoms with Gasteiger partial charge in [-0.25, -0.2) is 33.3 Å². The van der Waals surface area contributed by atoms with Gasteiger partial charge >= 0.3 is 7.82 Å². The van der Waals surface area contributed by atoms with Gasteiger partial charge in [-0.3, -0.25) is 28.0 Å². The second-order valence-corrected chi connectivity index (χ2v) is 13.1. The third kappa shape index (κ3) is 5.04. The molecule has 2 fully saturated rings. The molecule has 0 spiro atoms. The maximum atomic E-state index is 16.1. The Balaban J connectivity index is 1.32. The number of halogens is 2. The van der Waals surface area contributed by atoms with Gasteiger partial charge in [0.05, 0.1) is 19.3 Å². The lowest BCUT2D eigenvalue weighted by molar-refractivity contribution is -0.0730. The Morgan fingerprint density at radius 1 is 1.17 bits per heavy atom. The Hall–Kier alpha value is -3.18. The average Bonchev–Trinajstić information content (AvgIpc) is 3.64. The van der Waals surface area contributed by atoms with E-state index in [1.807, 2.05) is 0 Å². The molecule has 7 N–H and O–H groups in total. The first kappa shape index (κ1) is 28.9. The van der Waals surface area contributed by atoms with E-state index in [9.17, 15) is 19.4 Å². The van der Waals surface area contributed by atoms with Crippen molar-refractivity contribution < 1.29 is 37.1 Å². The quantitative estimate of drug-likeness (QED) is 0.192. The molecule has 2 aliphatic heterocycles. The van der Waals surface area contributed by atoms with Crippen molar-refractivity contribution in [2.75, 3.05) is 24.2 Å². The van der Waals surface area contributed by atoms with Crippen LogP contribution in [-0.4, -0.2) is 92.0 Å². The normalized spacial score (nSPS) is 34.0. The number of phosphoric acid groups is 1. The van der Waals surface area contributed by atoms with Gasteiger partial charge in [-0.2, -0.15) is 4.98 Å². The number of rotatable bonds is 3. The number of aliphatic hydroxyl groups excluding tert-OH is 1. The number of nitrogen functional groups attached to an aromatic ring is 2. The zero-order valence-corrected chi connectivity index (χ0v) is 23.6. The van der Waals surface area contributed by atoms with Crippen LogP contribution in [0.5, 0.6) is 0 Å². The number of alkyl halides is 2. The highest BCUT2D eigenvalue weighted by Gasteiger charge is 2.49. The van der Waals surface area contributed by atoms with Gasteiger partial charge in [-0.05, 0) is 6.16 Å². The van der Waals surface area contributed by atoms with E-state index in [-0.39, 0.29) is 48.8 Å². The van der Waals surface area contributed by atoms with Crippen molar-refractivity contribution in [2.45, 2.75) is 49.6 Å². The summed E-state index contributed by atoms with van der Waals surface area (Å²) in [5.41, 5.74) is 10.0. The van der Waals surface area contributed by atoms with Gasteiger partial charge in [0.25, 0.3) is 5.56 Å². The van der Waals surface area contributed by atoms with E-state index in [0.29, 0.717) is 0 Å². The SMILES string of the molecule is CC1PC[C@@H]2[C@@H](F)[C@@H](COP(=O)(O)O[C@@H]([C@@H](O)n3cnc4c(=O)[nH]c(N)nc43)[C@@H]1F)O[C@H]2n1cnc2c(N)ncnc21. The molecule has 2 aliphatic rings. The summed E-state index contributed by atoms with van der Waals surface area (Å²) in [7, 11) is -5.38. The standard InChI is InChI=1S/C21H26F2N10O7P2/c1-7-10(22)14(19(35)32-5-29-13-17(32)30-21(25)31-18(13)34)40-42(36,37)38-2-9-11(23)8(3-41-7)20(39-9)33-6-28-12-15(24)26-4-27-16(12)33/h4-11,14,19-20,35,41H,2-3H2,1H3,(H,36,37)(H2,24,26,27)(H3,25,30,31,34)/t7?,8-,9-,10-,11-,14-,19-,20-/m1/s1. The predicted molar refractivity (Wildman–Crippen MR) is 144 cm³/mol. The van der Waals surface area contributed by atoms with Gasteiger partial charge in [-0.1, -0.05) is 6.92 Å². The van der Waals surface area contributed by atoms with Crippen molar-refractivity contribution in [3.63, 3.8) is 0 Å². The number of nitrogens with zero attached hydrogens (tertiary/aromatic N) is 7. The molecule has 0 aromatic carbocycles. The molecule has 2 saturated heterocycles. The summed E-state index contributed by atoms with van der Waals surface area (Å²) in [6.45, 7) is 0.760. The van der Waals surface area contributed by atoms with E-state index < -0.39 is 68.6 Å². The summed E-state index contributed by atoms with van der Waals surface area (Å²) < 4.78 is 63.3. The second-order valence-electron chi connectivity index (χ2n) is 9.92. The first-order chi connectivity index (χ1) is 19.9. The molecule has 6 heterocycles. The molecule has 17 nitrogen and oxygen atoms in total. The van der Waals surface area contributed by atoms with E-state index in [0.717, 1.165) is 10.9 Å². The molecule has 6 rings (SSSR count). The van der Waals surface area contributed by atoms with Gasteiger partial charge in [-0.15, -0.1) is 8.58 Å². The Labute approximate surface area is 236 Å². The molecular weight excluding hydrogens is 604 g/mol. The maximum absolute atomic E-state index is 16.1. The molecule has 42 heavy (non-hydrogen) atoms. The van der Waals surface area contributed by atoms with Crippen molar-refractivity contribution in [1.29, 1.82) is 0 Å². The lowest BCUT2D eigenvalue weighted by Gasteiger charge is -2.32. The number of fused-ring (bicyclic) bond motifs is 4. The van der Waals surface area contributed by atoms with Crippen molar-refractivity contribution in [3.8, 4) is 0 Å². The van der Waals surface area contributed by atoms with Crippen LogP contribution in [0, 0.1) is 5.92 Å².